The number of nitrogens with zero attached hydrogens (tertiary/aromatic N) is 5. The van der Waals surface area contributed by atoms with Gasteiger partial charge in [-0.2, -0.15) is 4.98 Å². The predicted molar refractivity (Wildman–Crippen MR) is 69.0 cm³/mol. The van der Waals surface area contributed by atoms with Gasteiger partial charge >= 0.3 is 0 Å². The molecule has 0 aliphatic rings. The van der Waals surface area contributed by atoms with E-state index in [1.165, 1.54) is 6.33 Å². The van der Waals surface area contributed by atoms with Crippen molar-refractivity contribution in [3.8, 4) is 0 Å². The maximum Gasteiger partial charge on any atom is 0.228 e. The molecule has 0 saturated heterocycles. The molecule has 0 bridgehead atoms. The zero-order chi connectivity index (χ0) is 13.1. The van der Waals surface area contributed by atoms with Crippen molar-refractivity contribution in [3.05, 3.63) is 30.8 Å². The molecule has 0 saturated carbocycles. The van der Waals surface area contributed by atoms with E-state index in [1.54, 1.807) is 6.20 Å². The third-order valence-corrected chi connectivity index (χ3v) is 2.67. The number of anilines is 2. The van der Waals surface area contributed by atoms with E-state index in [2.05, 4.69) is 30.7 Å². The molecule has 8 nitrogen and oxygen atoms in total. The van der Waals surface area contributed by atoms with Crippen LogP contribution in [0.5, 0.6) is 0 Å². The Morgan fingerprint density at radius 2 is 2.32 bits per heavy atom. The maximum absolute atomic E-state index is 4.93. The average Bonchev–Trinajstić information content (AvgIpc) is 3.08. The molecule has 0 unspecified atom stereocenters. The molecular formula is C11H13N7O. The van der Waals surface area contributed by atoms with Gasteiger partial charge in [-0.3, -0.25) is 0 Å². The highest BCUT2D eigenvalue weighted by Crippen LogP contribution is 2.15. The summed E-state index contributed by atoms with van der Waals surface area (Å²) < 4.78 is 6.84. The van der Waals surface area contributed by atoms with Crippen LogP contribution in [0.15, 0.2) is 29.4 Å². The maximum atomic E-state index is 4.93. The summed E-state index contributed by atoms with van der Waals surface area (Å²) in [4.78, 5) is 12.7. The molecule has 0 aliphatic heterocycles. The highest BCUT2D eigenvalue weighted by molar-refractivity contribution is 5.65. The Kier molecular flexibility index (Phi) is 2.97. The number of fused-ring (bicyclic) bond motifs is 1. The minimum atomic E-state index is 0.594. The molecule has 2 N–H and O–H groups in total. The molecule has 0 spiro atoms. The lowest BCUT2D eigenvalue weighted by atomic mass is 10.4. The second-order valence-corrected chi connectivity index (χ2v) is 3.89. The highest BCUT2D eigenvalue weighted by atomic mass is 16.5. The van der Waals surface area contributed by atoms with Crippen LogP contribution in [0, 0.1) is 0 Å². The number of hydrogen-bond acceptors (Lipinski definition) is 7. The zero-order valence-corrected chi connectivity index (χ0v) is 10.4. The summed E-state index contributed by atoms with van der Waals surface area (Å²) in [6.07, 6.45) is 7.52. The van der Waals surface area contributed by atoms with E-state index in [1.807, 2.05) is 23.8 Å². The monoisotopic (exact) mass is 259 g/mol. The van der Waals surface area contributed by atoms with Crippen LogP contribution in [0.2, 0.25) is 0 Å². The molecule has 0 amide bonds. The topological polar surface area (TPSA) is 93.2 Å². The molecule has 3 aromatic rings. The fraction of sp³-hybridized carbons (Fsp3) is 0.273. The zero-order valence-electron chi connectivity index (χ0n) is 10.4. The first-order valence-corrected chi connectivity index (χ1v) is 5.87. The Morgan fingerprint density at radius 1 is 1.37 bits per heavy atom. The Labute approximate surface area is 108 Å². The number of nitrogens with one attached hydrogen (secondary N) is 2. The standard InChI is InChI=1S/C11H13N7O/c1-12-8-6-18-5-4-14-11(18)10(17-8)13-3-2-9-15-7-16-19-9/h4-7,12H,2-3H2,1H3,(H,13,17). The van der Waals surface area contributed by atoms with Gasteiger partial charge in [0.05, 0.1) is 6.20 Å². The van der Waals surface area contributed by atoms with Crippen molar-refractivity contribution in [3.63, 3.8) is 0 Å². The minimum absolute atomic E-state index is 0.594. The Bertz CT molecular complexity index is 661. The lowest BCUT2D eigenvalue weighted by Crippen LogP contribution is -2.09. The molecule has 0 fully saturated rings. The summed E-state index contributed by atoms with van der Waals surface area (Å²) in [6.45, 7) is 0.644. The van der Waals surface area contributed by atoms with E-state index in [0.717, 1.165) is 17.3 Å². The Balaban J connectivity index is 1.77. The van der Waals surface area contributed by atoms with Crippen molar-refractivity contribution < 1.29 is 4.52 Å². The SMILES string of the molecule is CNc1cn2ccnc2c(NCCc2ncno2)n1. The van der Waals surface area contributed by atoms with Crippen molar-refractivity contribution in [2.45, 2.75) is 6.42 Å². The van der Waals surface area contributed by atoms with E-state index < -0.39 is 0 Å². The van der Waals surface area contributed by atoms with E-state index >= 15 is 0 Å². The fourth-order valence-electron chi connectivity index (χ4n) is 1.76. The smallest absolute Gasteiger partial charge is 0.228 e. The van der Waals surface area contributed by atoms with Crippen LogP contribution in [0.1, 0.15) is 5.89 Å². The lowest BCUT2D eigenvalue weighted by molar-refractivity contribution is 0.379. The average molecular weight is 259 g/mol. The second kappa shape index (κ2) is 4.92. The molecule has 3 heterocycles. The van der Waals surface area contributed by atoms with Crippen molar-refractivity contribution in [2.75, 3.05) is 24.2 Å². The number of aromatic nitrogens is 5. The Morgan fingerprint density at radius 3 is 3.11 bits per heavy atom. The number of hydrogen-bond donors (Lipinski definition) is 2. The van der Waals surface area contributed by atoms with Crippen LogP contribution in [0.25, 0.3) is 5.65 Å². The summed E-state index contributed by atoms with van der Waals surface area (Å²) in [5, 5.41) is 9.80. The molecule has 98 valence electrons. The van der Waals surface area contributed by atoms with Gasteiger partial charge in [0.25, 0.3) is 0 Å². The summed E-state index contributed by atoms with van der Waals surface area (Å²) in [7, 11) is 1.83. The quantitative estimate of drug-likeness (QED) is 0.700. The van der Waals surface area contributed by atoms with Crippen LogP contribution in [-0.2, 0) is 6.42 Å². The van der Waals surface area contributed by atoms with Gasteiger partial charge in [-0.25, -0.2) is 9.97 Å². The highest BCUT2D eigenvalue weighted by Gasteiger charge is 2.07. The Hall–Kier alpha value is -2.64. The fourth-order valence-corrected chi connectivity index (χ4v) is 1.76. The van der Waals surface area contributed by atoms with Gasteiger partial charge in [-0.1, -0.05) is 5.16 Å². The van der Waals surface area contributed by atoms with Crippen LogP contribution >= 0.6 is 0 Å². The van der Waals surface area contributed by atoms with E-state index in [4.69, 9.17) is 4.52 Å². The molecule has 19 heavy (non-hydrogen) atoms. The van der Waals surface area contributed by atoms with E-state index in [-0.39, 0.29) is 0 Å². The lowest BCUT2D eigenvalue weighted by Gasteiger charge is -2.08. The van der Waals surface area contributed by atoms with Crippen LogP contribution in [0.4, 0.5) is 11.6 Å². The predicted octanol–water partition coefficient (Wildman–Crippen LogP) is 0.809. The van der Waals surface area contributed by atoms with Gasteiger partial charge in [0, 0.05) is 32.4 Å². The first-order valence-electron chi connectivity index (χ1n) is 5.87. The summed E-state index contributed by atoms with van der Waals surface area (Å²) in [6, 6.07) is 0. The van der Waals surface area contributed by atoms with Gasteiger partial charge in [-0.05, 0) is 0 Å². The summed E-state index contributed by atoms with van der Waals surface area (Å²) in [5.74, 6) is 2.08. The first-order chi connectivity index (χ1) is 9.36. The van der Waals surface area contributed by atoms with E-state index in [9.17, 15) is 0 Å². The van der Waals surface area contributed by atoms with Gasteiger partial charge < -0.3 is 19.6 Å². The van der Waals surface area contributed by atoms with Crippen LogP contribution in [0.3, 0.4) is 0 Å². The van der Waals surface area contributed by atoms with Crippen molar-refractivity contribution in [2.24, 2.45) is 0 Å². The summed E-state index contributed by atoms with van der Waals surface area (Å²) in [5.41, 5.74) is 0.782. The minimum Gasteiger partial charge on any atom is -0.372 e. The van der Waals surface area contributed by atoms with Crippen molar-refractivity contribution in [1.82, 2.24) is 24.5 Å². The molecule has 0 aromatic carbocycles. The first kappa shape index (κ1) is 11.5. The molecular weight excluding hydrogens is 246 g/mol. The van der Waals surface area contributed by atoms with Crippen molar-refractivity contribution >= 4 is 17.3 Å². The largest absolute Gasteiger partial charge is 0.372 e. The second-order valence-electron chi connectivity index (χ2n) is 3.89. The molecule has 3 aromatic heterocycles. The van der Waals surface area contributed by atoms with Gasteiger partial charge in [0.1, 0.15) is 5.82 Å². The van der Waals surface area contributed by atoms with Crippen LogP contribution in [-0.4, -0.2) is 38.1 Å². The molecule has 0 atom stereocenters. The van der Waals surface area contributed by atoms with Gasteiger partial charge in [0.15, 0.2) is 17.8 Å². The van der Waals surface area contributed by atoms with Crippen LogP contribution < -0.4 is 10.6 Å². The molecule has 8 heteroatoms. The molecule has 0 radical (unpaired) electrons. The number of imidazole rings is 1. The van der Waals surface area contributed by atoms with Gasteiger partial charge in [0.2, 0.25) is 5.89 Å². The summed E-state index contributed by atoms with van der Waals surface area (Å²) >= 11 is 0. The molecule has 3 rings (SSSR count). The van der Waals surface area contributed by atoms with E-state index in [0.29, 0.717) is 18.9 Å². The van der Waals surface area contributed by atoms with Crippen molar-refractivity contribution in [1.29, 1.82) is 0 Å². The molecule has 0 aliphatic carbocycles. The third-order valence-electron chi connectivity index (χ3n) is 2.67. The van der Waals surface area contributed by atoms with Gasteiger partial charge in [-0.15, -0.1) is 0 Å². The number of rotatable bonds is 5. The third kappa shape index (κ3) is 2.32. The normalized spacial score (nSPS) is 10.8.